The number of guanidine groups is 2. The fraction of sp³-hybridized carbons (Fsp3) is 0.412. The molecule has 21 nitrogen and oxygen atoms in total. The number of phenolic OH excluding ortho intramolecular Hbond substituents is 2. The van der Waals surface area contributed by atoms with E-state index in [0.717, 1.165) is 0 Å². The summed E-state index contributed by atoms with van der Waals surface area (Å²) < 4.78 is 0. The van der Waals surface area contributed by atoms with Gasteiger partial charge in [0.05, 0.1) is 12.6 Å². The summed E-state index contributed by atoms with van der Waals surface area (Å²) in [4.78, 5) is 76.9. The average molecular weight is 771 g/mol. The Morgan fingerprint density at radius 2 is 1.02 bits per heavy atom. The van der Waals surface area contributed by atoms with Gasteiger partial charge in [0.25, 0.3) is 0 Å². The van der Waals surface area contributed by atoms with Gasteiger partial charge in [0.15, 0.2) is 11.9 Å². The van der Waals surface area contributed by atoms with Gasteiger partial charge in [0.1, 0.15) is 36.2 Å². The van der Waals surface area contributed by atoms with Crippen LogP contribution in [0.2, 0.25) is 0 Å². The Bertz CT molecular complexity index is 1640. The number of aromatic hydroxyl groups is 2. The van der Waals surface area contributed by atoms with Gasteiger partial charge in [-0.3, -0.25) is 39.6 Å². The van der Waals surface area contributed by atoms with Gasteiger partial charge < -0.3 is 69.7 Å². The van der Waals surface area contributed by atoms with Crippen LogP contribution < -0.4 is 54.4 Å². The van der Waals surface area contributed by atoms with E-state index in [2.05, 4.69) is 37.2 Å². The predicted octanol–water partition coefficient (Wildman–Crippen LogP) is -3.49. The van der Waals surface area contributed by atoms with Gasteiger partial charge in [-0.15, -0.1) is 0 Å². The number of carbonyl (C=O) groups excluding carboxylic acids is 5. The maximum absolute atomic E-state index is 13.9. The number of hydrogen-bond donors (Lipinski definition) is 15. The lowest BCUT2D eigenvalue weighted by Gasteiger charge is -2.26. The normalized spacial score (nSPS) is 12.7. The van der Waals surface area contributed by atoms with Crippen LogP contribution in [-0.4, -0.2) is 113 Å². The summed E-state index contributed by atoms with van der Waals surface area (Å²) in [7, 11) is 0. The van der Waals surface area contributed by atoms with Crippen molar-refractivity contribution in [3.05, 3.63) is 59.7 Å². The SMILES string of the molecule is N=C(N)NCCC[C@H](NC(=O)[C@H](CCCNC(=N)N)NC(=O)[C@H](Cc1ccc(O)cc1)NC(=O)[C@@H](N)Cc1ccc(O)cc1)C(=O)NCC(=O)NCC(=O)O. The second-order valence-electron chi connectivity index (χ2n) is 12.4. The molecule has 0 spiro atoms. The summed E-state index contributed by atoms with van der Waals surface area (Å²) in [6.07, 6.45) is 0.361. The van der Waals surface area contributed by atoms with E-state index in [4.69, 9.17) is 33.1 Å². The van der Waals surface area contributed by atoms with Crippen molar-refractivity contribution in [1.82, 2.24) is 37.2 Å². The van der Waals surface area contributed by atoms with Crippen molar-refractivity contribution >= 4 is 47.4 Å². The largest absolute Gasteiger partial charge is 0.508 e. The van der Waals surface area contributed by atoms with Crippen molar-refractivity contribution in [2.45, 2.75) is 62.7 Å². The lowest BCUT2D eigenvalue weighted by Crippen LogP contribution is -2.58. The first-order chi connectivity index (χ1) is 26.0. The Morgan fingerprint density at radius 3 is 1.49 bits per heavy atom. The maximum atomic E-state index is 13.9. The van der Waals surface area contributed by atoms with E-state index in [1.807, 2.05) is 0 Å². The standard InChI is InChI=1S/C34H50N12O9/c35-23(15-19-5-9-21(47)10-6-19)29(52)46-26(16-20-7-11-22(48)12-8-20)32(55)45-25(4-2-14-41-34(38)39)31(54)44-24(3-1-13-40-33(36)37)30(53)43-17-27(49)42-18-28(50)51/h5-12,23-26,47-48H,1-4,13-18,35H2,(H,42,49)(H,43,53)(H,44,54)(H,45,55)(H,46,52)(H,50,51)(H4,36,37,40)(H4,38,39,41)/t23-,24-,25-,26-/m0/s1. The molecule has 0 aliphatic carbocycles. The predicted molar refractivity (Wildman–Crippen MR) is 199 cm³/mol. The second-order valence-corrected chi connectivity index (χ2v) is 12.4. The zero-order valence-corrected chi connectivity index (χ0v) is 30.0. The second kappa shape index (κ2) is 23.1. The summed E-state index contributed by atoms with van der Waals surface area (Å²) in [5.74, 6) is -5.84. The molecule has 5 amide bonds. The van der Waals surface area contributed by atoms with Crippen molar-refractivity contribution < 1.29 is 44.1 Å². The molecule has 0 saturated heterocycles. The van der Waals surface area contributed by atoms with Crippen molar-refractivity contribution in [2.75, 3.05) is 26.2 Å². The third kappa shape index (κ3) is 18.1. The molecule has 300 valence electrons. The van der Waals surface area contributed by atoms with E-state index in [9.17, 15) is 39.0 Å². The van der Waals surface area contributed by atoms with E-state index in [1.165, 1.54) is 24.3 Å². The highest BCUT2D eigenvalue weighted by Gasteiger charge is 2.31. The summed E-state index contributed by atoms with van der Waals surface area (Å²) in [5.41, 5.74) is 18.1. The van der Waals surface area contributed by atoms with Crippen molar-refractivity contribution in [3.8, 4) is 11.5 Å². The molecular weight excluding hydrogens is 720 g/mol. The molecule has 18 N–H and O–H groups in total. The third-order valence-electron chi connectivity index (χ3n) is 7.83. The lowest BCUT2D eigenvalue weighted by atomic mass is 10.0. The van der Waals surface area contributed by atoms with Crippen LogP contribution in [0.25, 0.3) is 0 Å². The van der Waals surface area contributed by atoms with Crippen LogP contribution in [0.1, 0.15) is 36.8 Å². The van der Waals surface area contributed by atoms with Crippen LogP contribution >= 0.6 is 0 Å². The molecule has 2 aromatic carbocycles. The number of nitrogens with one attached hydrogen (secondary N) is 9. The number of carboxylic acids is 1. The Balaban J connectivity index is 2.31. The number of nitrogens with two attached hydrogens (primary N) is 3. The van der Waals surface area contributed by atoms with E-state index in [0.29, 0.717) is 11.1 Å². The Labute approximate surface area is 316 Å². The number of aliphatic carboxylic acids is 1. The van der Waals surface area contributed by atoms with Crippen LogP contribution in [0.5, 0.6) is 11.5 Å². The van der Waals surface area contributed by atoms with Crippen molar-refractivity contribution in [2.24, 2.45) is 17.2 Å². The van der Waals surface area contributed by atoms with Gasteiger partial charge in [-0.2, -0.15) is 0 Å². The summed E-state index contributed by atoms with van der Waals surface area (Å²) in [5, 5.41) is 60.3. The van der Waals surface area contributed by atoms with Crippen LogP contribution in [0.4, 0.5) is 0 Å². The zero-order chi connectivity index (χ0) is 40.9. The van der Waals surface area contributed by atoms with E-state index < -0.39 is 72.8 Å². The van der Waals surface area contributed by atoms with Gasteiger partial charge in [0, 0.05) is 19.5 Å². The molecule has 0 bridgehead atoms. The number of carboxylic acid groups (broad SMARTS) is 1. The first-order valence-electron chi connectivity index (χ1n) is 17.2. The Kier molecular flexibility index (Phi) is 18.7. The molecule has 0 aromatic heterocycles. The Morgan fingerprint density at radius 1 is 0.582 bits per heavy atom. The van der Waals surface area contributed by atoms with Crippen LogP contribution in [0, 0.1) is 10.8 Å². The van der Waals surface area contributed by atoms with Gasteiger partial charge in [-0.05, 0) is 67.5 Å². The monoisotopic (exact) mass is 770 g/mol. The molecule has 0 radical (unpaired) electrons. The van der Waals surface area contributed by atoms with Crippen molar-refractivity contribution in [1.29, 1.82) is 10.8 Å². The molecule has 0 heterocycles. The quantitative estimate of drug-likeness (QED) is 0.0296. The van der Waals surface area contributed by atoms with Gasteiger partial charge in [-0.1, -0.05) is 24.3 Å². The molecule has 0 saturated carbocycles. The highest BCUT2D eigenvalue weighted by Crippen LogP contribution is 2.14. The molecule has 2 rings (SSSR count). The molecule has 0 aliphatic heterocycles. The summed E-state index contributed by atoms with van der Waals surface area (Å²) >= 11 is 0. The topological polar surface area (TPSA) is 373 Å². The first kappa shape index (κ1) is 44.5. The average Bonchev–Trinajstić information content (AvgIpc) is 3.13. The fourth-order valence-corrected chi connectivity index (χ4v) is 5.00. The van der Waals surface area contributed by atoms with Crippen LogP contribution in [0.15, 0.2) is 48.5 Å². The highest BCUT2D eigenvalue weighted by atomic mass is 16.4. The molecule has 4 atom stereocenters. The first-order valence-corrected chi connectivity index (χ1v) is 17.2. The minimum atomic E-state index is -1.31. The Hall–Kier alpha value is -6.64. The third-order valence-corrected chi connectivity index (χ3v) is 7.83. The van der Waals surface area contributed by atoms with Gasteiger partial charge in [-0.25, -0.2) is 0 Å². The molecule has 0 fully saturated rings. The zero-order valence-electron chi connectivity index (χ0n) is 30.0. The number of benzene rings is 2. The summed E-state index contributed by atoms with van der Waals surface area (Å²) in [6, 6.07) is 6.97. The number of phenols is 2. The van der Waals surface area contributed by atoms with E-state index in [-0.39, 0.29) is 75.0 Å². The van der Waals surface area contributed by atoms with Crippen LogP contribution in [-0.2, 0) is 41.6 Å². The fourth-order valence-electron chi connectivity index (χ4n) is 5.00. The lowest BCUT2D eigenvalue weighted by molar-refractivity contribution is -0.138. The number of hydrogen-bond acceptors (Lipinski definition) is 11. The molecule has 0 aliphatic rings. The van der Waals surface area contributed by atoms with Crippen molar-refractivity contribution in [3.63, 3.8) is 0 Å². The molecule has 2 aromatic rings. The minimum absolute atomic E-state index is 0.0143. The van der Waals surface area contributed by atoms with Crippen LogP contribution in [0.3, 0.4) is 0 Å². The molecular formula is C34H50N12O9. The molecule has 21 heteroatoms. The van der Waals surface area contributed by atoms with E-state index in [1.54, 1.807) is 24.3 Å². The highest BCUT2D eigenvalue weighted by molar-refractivity contribution is 5.95. The minimum Gasteiger partial charge on any atom is -0.508 e. The van der Waals surface area contributed by atoms with Gasteiger partial charge in [0.2, 0.25) is 29.5 Å². The number of carbonyl (C=O) groups is 6. The number of amides is 5. The molecule has 0 unspecified atom stereocenters. The van der Waals surface area contributed by atoms with E-state index >= 15 is 0 Å². The van der Waals surface area contributed by atoms with Gasteiger partial charge >= 0.3 is 5.97 Å². The number of rotatable bonds is 23. The summed E-state index contributed by atoms with van der Waals surface area (Å²) in [6.45, 7) is -0.988. The molecule has 55 heavy (non-hydrogen) atoms. The maximum Gasteiger partial charge on any atom is 0.322 e. The smallest absolute Gasteiger partial charge is 0.322 e.